The summed E-state index contributed by atoms with van der Waals surface area (Å²) in [6, 6.07) is 3.88. The highest BCUT2D eigenvalue weighted by atomic mass is 79.9. The highest BCUT2D eigenvalue weighted by Gasteiger charge is 2.33. The molecule has 0 radical (unpaired) electrons. The molecular formula is C11H9BrF3N3O. The Morgan fingerprint density at radius 3 is 2.63 bits per heavy atom. The normalized spacial score (nSPS) is 11.6. The molecule has 0 spiro atoms. The number of nitrogens with zero attached hydrogens (tertiary/aromatic N) is 2. The summed E-state index contributed by atoms with van der Waals surface area (Å²) >= 11 is 3.02. The van der Waals surface area contributed by atoms with Gasteiger partial charge < -0.3 is 9.73 Å². The van der Waals surface area contributed by atoms with Crippen molar-refractivity contribution in [3.8, 4) is 0 Å². The van der Waals surface area contributed by atoms with Crippen molar-refractivity contribution >= 4 is 21.6 Å². The third-order valence-electron chi connectivity index (χ3n) is 2.28. The minimum atomic E-state index is -4.43. The largest absolute Gasteiger partial charge is 0.424 e. The molecule has 0 saturated heterocycles. The summed E-state index contributed by atoms with van der Waals surface area (Å²) in [7, 11) is 0. The van der Waals surface area contributed by atoms with E-state index in [0.717, 1.165) is 6.07 Å². The molecule has 0 fully saturated rings. The molecule has 0 saturated carbocycles. The fraction of sp³-hybridized carbons (Fsp3) is 0.273. The zero-order valence-electron chi connectivity index (χ0n) is 9.75. The van der Waals surface area contributed by atoms with Crippen LogP contribution in [0.5, 0.6) is 0 Å². The molecule has 2 rings (SSSR count). The van der Waals surface area contributed by atoms with Crippen LogP contribution >= 0.6 is 15.9 Å². The third kappa shape index (κ3) is 3.46. The van der Waals surface area contributed by atoms with Gasteiger partial charge in [-0.15, -0.1) is 10.2 Å². The van der Waals surface area contributed by atoms with Crippen LogP contribution in [0.4, 0.5) is 18.9 Å². The molecule has 0 unspecified atom stereocenters. The Balaban J connectivity index is 2.20. The van der Waals surface area contributed by atoms with Crippen LogP contribution in [0.1, 0.15) is 17.3 Å². The standard InChI is InChI=1S/C11H9BrF3N3O/c1-6-17-18-10(19-6)5-16-9-3-2-7(12)4-8(9)11(13,14)15/h2-4,16H,5H2,1H3. The summed E-state index contributed by atoms with van der Waals surface area (Å²) in [4.78, 5) is 0. The number of hydrogen-bond donors (Lipinski definition) is 1. The molecule has 0 aliphatic heterocycles. The van der Waals surface area contributed by atoms with Crippen molar-refractivity contribution in [2.75, 3.05) is 5.32 Å². The van der Waals surface area contributed by atoms with E-state index in [4.69, 9.17) is 4.42 Å². The number of anilines is 1. The molecule has 1 aromatic carbocycles. The first kappa shape index (κ1) is 13.9. The average Bonchev–Trinajstić information content (AvgIpc) is 2.72. The maximum absolute atomic E-state index is 12.8. The summed E-state index contributed by atoms with van der Waals surface area (Å²) in [5, 5.41) is 9.94. The van der Waals surface area contributed by atoms with E-state index in [9.17, 15) is 13.2 Å². The van der Waals surface area contributed by atoms with Gasteiger partial charge >= 0.3 is 6.18 Å². The number of rotatable bonds is 3. The van der Waals surface area contributed by atoms with Crippen molar-refractivity contribution in [1.29, 1.82) is 0 Å². The molecule has 0 aliphatic carbocycles. The molecule has 1 aromatic heterocycles. The topological polar surface area (TPSA) is 51.0 Å². The van der Waals surface area contributed by atoms with Gasteiger partial charge in [-0.25, -0.2) is 0 Å². The summed E-state index contributed by atoms with van der Waals surface area (Å²) in [5.74, 6) is 0.595. The Labute approximate surface area is 115 Å². The smallest absolute Gasteiger partial charge is 0.418 e. The van der Waals surface area contributed by atoms with Crippen LogP contribution in [0.25, 0.3) is 0 Å². The van der Waals surface area contributed by atoms with Crippen LogP contribution < -0.4 is 5.32 Å². The molecule has 0 aliphatic rings. The predicted molar refractivity (Wildman–Crippen MR) is 65.5 cm³/mol. The lowest BCUT2D eigenvalue weighted by Gasteiger charge is -2.14. The molecule has 102 valence electrons. The van der Waals surface area contributed by atoms with Crippen LogP contribution in [0, 0.1) is 6.92 Å². The van der Waals surface area contributed by atoms with E-state index in [1.54, 1.807) is 6.92 Å². The first-order valence-corrected chi connectivity index (χ1v) is 6.05. The molecule has 0 amide bonds. The van der Waals surface area contributed by atoms with E-state index in [0.29, 0.717) is 10.4 Å². The maximum Gasteiger partial charge on any atom is 0.418 e. The van der Waals surface area contributed by atoms with Gasteiger partial charge in [-0.3, -0.25) is 0 Å². The predicted octanol–water partition coefficient (Wildman–Crippen LogP) is 3.77. The lowest BCUT2D eigenvalue weighted by Crippen LogP contribution is -2.11. The minimum Gasteiger partial charge on any atom is -0.424 e. The fourth-order valence-electron chi connectivity index (χ4n) is 1.48. The Morgan fingerprint density at radius 1 is 1.32 bits per heavy atom. The van der Waals surface area contributed by atoms with Gasteiger partial charge in [0.05, 0.1) is 12.1 Å². The van der Waals surface area contributed by atoms with Gasteiger partial charge in [-0.05, 0) is 18.2 Å². The molecular weight excluding hydrogens is 327 g/mol. The van der Waals surface area contributed by atoms with Gasteiger partial charge in [0, 0.05) is 17.1 Å². The highest BCUT2D eigenvalue weighted by molar-refractivity contribution is 9.10. The van der Waals surface area contributed by atoms with Gasteiger partial charge in [-0.1, -0.05) is 15.9 Å². The Bertz CT molecular complexity index is 583. The van der Waals surface area contributed by atoms with E-state index in [-0.39, 0.29) is 18.1 Å². The van der Waals surface area contributed by atoms with Crippen LogP contribution in [-0.2, 0) is 12.7 Å². The van der Waals surface area contributed by atoms with Crippen molar-refractivity contribution < 1.29 is 17.6 Å². The van der Waals surface area contributed by atoms with Crippen molar-refractivity contribution in [1.82, 2.24) is 10.2 Å². The van der Waals surface area contributed by atoms with Crippen LogP contribution in [0.2, 0.25) is 0 Å². The van der Waals surface area contributed by atoms with Gasteiger partial charge in [0.1, 0.15) is 0 Å². The first-order valence-electron chi connectivity index (χ1n) is 5.26. The highest BCUT2D eigenvalue weighted by Crippen LogP contribution is 2.36. The zero-order chi connectivity index (χ0) is 14.0. The number of aromatic nitrogens is 2. The molecule has 0 bridgehead atoms. The molecule has 1 heterocycles. The molecule has 2 aromatic rings. The van der Waals surface area contributed by atoms with Crippen LogP contribution in [0.15, 0.2) is 27.1 Å². The second-order valence-electron chi connectivity index (χ2n) is 3.76. The number of aryl methyl sites for hydroxylation is 1. The van der Waals surface area contributed by atoms with Crippen LogP contribution in [-0.4, -0.2) is 10.2 Å². The lowest BCUT2D eigenvalue weighted by molar-refractivity contribution is -0.137. The van der Waals surface area contributed by atoms with Crippen molar-refractivity contribution in [2.45, 2.75) is 19.6 Å². The molecule has 8 heteroatoms. The van der Waals surface area contributed by atoms with Crippen molar-refractivity contribution in [3.05, 3.63) is 40.0 Å². The summed E-state index contributed by atoms with van der Waals surface area (Å²) in [6.07, 6.45) is -4.43. The number of halogens is 4. The van der Waals surface area contributed by atoms with Crippen LogP contribution in [0.3, 0.4) is 0 Å². The average molecular weight is 336 g/mol. The summed E-state index contributed by atoms with van der Waals surface area (Å²) in [6.45, 7) is 1.64. The number of nitrogens with one attached hydrogen (secondary N) is 1. The Kier molecular flexibility index (Phi) is 3.79. The molecule has 19 heavy (non-hydrogen) atoms. The Hall–Kier alpha value is -1.57. The van der Waals surface area contributed by atoms with Gasteiger partial charge in [0.2, 0.25) is 11.8 Å². The number of benzene rings is 1. The van der Waals surface area contributed by atoms with E-state index >= 15 is 0 Å². The second-order valence-corrected chi connectivity index (χ2v) is 4.67. The van der Waals surface area contributed by atoms with E-state index in [1.165, 1.54) is 12.1 Å². The van der Waals surface area contributed by atoms with E-state index in [1.807, 2.05) is 0 Å². The molecule has 4 nitrogen and oxygen atoms in total. The number of alkyl halides is 3. The van der Waals surface area contributed by atoms with E-state index < -0.39 is 11.7 Å². The molecule has 0 atom stereocenters. The quantitative estimate of drug-likeness (QED) is 0.927. The first-order chi connectivity index (χ1) is 8.86. The molecule has 1 N–H and O–H groups in total. The maximum atomic E-state index is 12.8. The Morgan fingerprint density at radius 2 is 2.05 bits per heavy atom. The second kappa shape index (κ2) is 5.20. The monoisotopic (exact) mass is 335 g/mol. The SMILES string of the molecule is Cc1nnc(CNc2ccc(Br)cc2C(F)(F)F)o1. The summed E-state index contributed by atoms with van der Waals surface area (Å²) < 4.78 is 44.0. The van der Waals surface area contributed by atoms with Crippen molar-refractivity contribution in [3.63, 3.8) is 0 Å². The van der Waals surface area contributed by atoms with Gasteiger partial charge in [-0.2, -0.15) is 13.2 Å². The third-order valence-corrected chi connectivity index (χ3v) is 2.78. The fourth-order valence-corrected chi connectivity index (χ4v) is 1.85. The lowest BCUT2D eigenvalue weighted by atomic mass is 10.1. The minimum absolute atomic E-state index is 0.0333. The number of hydrogen-bond acceptors (Lipinski definition) is 4. The van der Waals surface area contributed by atoms with Crippen molar-refractivity contribution in [2.24, 2.45) is 0 Å². The van der Waals surface area contributed by atoms with Gasteiger partial charge in [0.15, 0.2) is 0 Å². The summed E-state index contributed by atoms with van der Waals surface area (Å²) in [5.41, 5.74) is -0.787. The van der Waals surface area contributed by atoms with E-state index in [2.05, 4.69) is 31.4 Å². The van der Waals surface area contributed by atoms with Gasteiger partial charge in [0.25, 0.3) is 0 Å². The zero-order valence-corrected chi connectivity index (χ0v) is 11.3.